The molecule has 5 heteroatoms. The Morgan fingerprint density at radius 2 is 1.29 bits per heavy atom. The molecule has 0 bridgehead atoms. The van der Waals surface area contributed by atoms with Crippen molar-refractivity contribution in [3.05, 3.63) is 0 Å². The zero-order valence-corrected chi connectivity index (χ0v) is 11.3. The largest absolute Gasteiger partial charge is 1.00 e. The van der Waals surface area contributed by atoms with Crippen LogP contribution in [-0.4, -0.2) is 5.97 Å². The van der Waals surface area contributed by atoms with Crippen molar-refractivity contribution in [2.24, 2.45) is 0 Å². The molecule has 0 N–H and O–H groups in total. The number of hydrogen-bond acceptors (Lipinski definition) is 2. The molecule has 0 saturated heterocycles. The van der Waals surface area contributed by atoms with E-state index >= 15 is 0 Å². The van der Waals surface area contributed by atoms with Gasteiger partial charge in [-0.3, -0.25) is 0 Å². The maximum absolute atomic E-state index is 8.89. The van der Waals surface area contributed by atoms with Gasteiger partial charge in [-0.1, -0.05) is 0 Å². The first-order chi connectivity index (χ1) is 1.73. The van der Waals surface area contributed by atoms with Gasteiger partial charge in [0.25, 0.3) is 0 Å². The molecule has 0 aromatic carbocycles. The van der Waals surface area contributed by atoms with Gasteiger partial charge in [-0.25, -0.2) is 0 Å². The van der Waals surface area contributed by atoms with E-state index in [4.69, 9.17) is 9.90 Å². The average molecular weight is 128 g/mol. The summed E-state index contributed by atoms with van der Waals surface area (Å²) in [5.74, 6) is -1.08. The summed E-state index contributed by atoms with van der Waals surface area (Å²) in [6, 6.07) is 0. The Bertz CT molecular complexity index is 33.9. The predicted octanol–water partition coefficient (Wildman–Crippen LogP) is -10.2. The van der Waals surface area contributed by atoms with Gasteiger partial charge in [0.15, 0.2) is 0 Å². The molecule has 0 unspecified atom stereocenters. The summed E-state index contributed by atoms with van der Waals surface area (Å²) < 4.78 is 0. The van der Waals surface area contributed by atoms with Crippen LogP contribution in [0, 0.1) is 0 Å². The van der Waals surface area contributed by atoms with E-state index in [1.807, 2.05) is 0 Å². The van der Waals surface area contributed by atoms with Crippen LogP contribution in [0.3, 0.4) is 0 Å². The van der Waals surface area contributed by atoms with Crippen LogP contribution in [0.5, 0.6) is 0 Å². The number of carboxylic acids is 1. The predicted molar refractivity (Wildman–Crippen MR) is 10.7 cm³/mol. The minimum atomic E-state index is -1.08. The second-order valence-electron chi connectivity index (χ2n) is 0.492. The molecule has 0 aliphatic rings. The van der Waals surface area contributed by atoms with Gasteiger partial charge in [-0.05, 0) is 6.92 Å². The van der Waals surface area contributed by atoms with Crippen LogP contribution < -0.4 is 93.8 Å². The minimum absolute atomic E-state index is 0. The van der Waals surface area contributed by atoms with Crippen molar-refractivity contribution in [2.45, 2.75) is 6.92 Å². The van der Waals surface area contributed by atoms with E-state index < -0.39 is 5.97 Å². The van der Waals surface area contributed by atoms with Crippen molar-refractivity contribution in [2.75, 3.05) is 0 Å². The smallest absolute Gasteiger partial charge is 0.550 e. The molecule has 24 valence electrons. The third kappa shape index (κ3) is 58.1. The number of aliphatic carboxylic acids is 1. The molecule has 0 aliphatic carbocycles. The SMILES string of the molecule is CC(=O)[O-].[Na+].[Na+].[Na+]. The molecule has 0 heterocycles. The summed E-state index contributed by atoms with van der Waals surface area (Å²) in [4.78, 5) is 8.89. The topological polar surface area (TPSA) is 40.1 Å². The monoisotopic (exact) mass is 128 g/mol. The Labute approximate surface area is 109 Å². The molecular formula is C2H3Na3O2+2. The van der Waals surface area contributed by atoms with E-state index in [1.165, 1.54) is 0 Å². The van der Waals surface area contributed by atoms with E-state index in [-0.39, 0.29) is 88.7 Å². The van der Waals surface area contributed by atoms with E-state index in [2.05, 4.69) is 0 Å². The fourth-order valence-electron chi connectivity index (χ4n) is 0. The van der Waals surface area contributed by atoms with Gasteiger partial charge in [0, 0.05) is 5.97 Å². The van der Waals surface area contributed by atoms with Gasteiger partial charge in [-0.2, -0.15) is 0 Å². The van der Waals surface area contributed by atoms with Crippen LogP contribution in [0.15, 0.2) is 0 Å². The molecule has 0 radical (unpaired) electrons. The molecule has 2 nitrogen and oxygen atoms in total. The van der Waals surface area contributed by atoms with E-state index in [9.17, 15) is 0 Å². The van der Waals surface area contributed by atoms with Crippen molar-refractivity contribution >= 4 is 5.97 Å². The Morgan fingerprint density at radius 3 is 1.29 bits per heavy atom. The molecule has 0 spiro atoms. The Morgan fingerprint density at radius 1 is 1.29 bits per heavy atom. The maximum atomic E-state index is 8.89. The van der Waals surface area contributed by atoms with Crippen molar-refractivity contribution in [1.29, 1.82) is 0 Å². The Balaban J connectivity index is -0.0000000150. The first-order valence-corrected chi connectivity index (χ1v) is 0.908. The molecule has 0 saturated carbocycles. The molecule has 0 aliphatic heterocycles. The van der Waals surface area contributed by atoms with Gasteiger partial charge in [0.05, 0.1) is 0 Å². The summed E-state index contributed by atoms with van der Waals surface area (Å²) in [7, 11) is 0. The van der Waals surface area contributed by atoms with Crippen LogP contribution in [0.2, 0.25) is 0 Å². The summed E-state index contributed by atoms with van der Waals surface area (Å²) in [6.45, 7) is 0.972. The van der Waals surface area contributed by atoms with Gasteiger partial charge >= 0.3 is 88.7 Å². The number of carboxylic acid groups (broad SMARTS) is 1. The number of carbonyl (C=O) groups excluding carboxylic acids is 1. The third-order valence-electron chi connectivity index (χ3n) is 0. The fraction of sp³-hybridized carbons (Fsp3) is 0.500. The summed E-state index contributed by atoms with van der Waals surface area (Å²) in [5.41, 5.74) is 0. The van der Waals surface area contributed by atoms with Crippen LogP contribution in [0.25, 0.3) is 0 Å². The molecule has 0 aromatic heterocycles. The summed E-state index contributed by atoms with van der Waals surface area (Å²) >= 11 is 0. The normalized spacial score (nSPS) is 3.57. The second kappa shape index (κ2) is 15.8. The summed E-state index contributed by atoms with van der Waals surface area (Å²) in [6.07, 6.45) is 0. The van der Waals surface area contributed by atoms with E-state index in [0.29, 0.717) is 0 Å². The molecule has 7 heavy (non-hydrogen) atoms. The first-order valence-electron chi connectivity index (χ1n) is 0.908. The Kier molecular flexibility index (Phi) is 51.2. The van der Waals surface area contributed by atoms with Crippen molar-refractivity contribution in [3.8, 4) is 0 Å². The van der Waals surface area contributed by atoms with Crippen molar-refractivity contribution in [1.82, 2.24) is 0 Å². The van der Waals surface area contributed by atoms with Crippen LogP contribution in [0.4, 0.5) is 0 Å². The van der Waals surface area contributed by atoms with E-state index in [1.54, 1.807) is 0 Å². The minimum Gasteiger partial charge on any atom is -0.550 e. The van der Waals surface area contributed by atoms with Gasteiger partial charge in [-0.15, -0.1) is 0 Å². The zero-order chi connectivity index (χ0) is 3.58. The van der Waals surface area contributed by atoms with Crippen molar-refractivity contribution in [3.63, 3.8) is 0 Å². The van der Waals surface area contributed by atoms with Crippen molar-refractivity contribution < 1.29 is 98.6 Å². The molecular weight excluding hydrogens is 125 g/mol. The maximum Gasteiger partial charge on any atom is 1.00 e. The van der Waals surface area contributed by atoms with Crippen LogP contribution in [0.1, 0.15) is 6.92 Å². The van der Waals surface area contributed by atoms with Gasteiger partial charge in [0.2, 0.25) is 0 Å². The third-order valence-corrected chi connectivity index (χ3v) is 0. The molecule has 0 rings (SSSR count). The van der Waals surface area contributed by atoms with E-state index in [0.717, 1.165) is 6.92 Å². The van der Waals surface area contributed by atoms with Gasteiger partial charge < -0.3 is 9.90 Å². The molecule has 0 fully saturated rings. The quantitative estimate of drug-likeness (QED) is 0.304. The van der Waals surface area contributed by atoms with Gasteiger partial charge in [0.1, 0.15) is 0 Å². The fourth-order valence-corrected chi connectivity index (χ4v) is 0. The summed E-state index contributed by atoms with van der Waals surface area (Å²) in [5, 5.41) is 8.89. The first kappa shape index (κ1) is 22.7. The molecule has 0 amide bonds. The standard InChI is InChI=1S/C2H4O2.3Na/c1-2(3)4;;;/h1H3,(H,3,4);;;/q;3*+1/p-1. The number of carbonyl (C=O) groups is 1. The molecule has 0 atom stereocenters. The number of hydrogen-bond donors (Lipinski definition) is 0. The second-order valence-corrected chi connectivity index (χ2v) is 0.492. The number of rotatable bonds is 0. The molecule has 0 aromatic rings. The van der Waals surface area contributed by atoms with Crippen LogP contribution in [-0.2, 0) is 4.79 Å². The van der Waals surface area contributed by atoms with Crippen LogP contribution >= 0.6 is 0 Å². The zero-order valence-electron chi connectivity index (χ0n) is 5.32. The Hall–Kier alpha value is 2.47. The average Bonchev–Trinajstić information content (AvgIpc) is 0.811.